The molecule has 7 heteroatoms. The van der Waals surface area contributed by atoms with E-state index in [9.17, 15) is 13.2 Å². The van der Waals surface area contributed by atoms with Crippen molar-refractivity contribution in [2.45, 2.75) is 37.1 Å². The van der Waals surface area contributed by atoms with Crippen LogP contribution in [0, 0.1) is 0 Å². The fraction of sp³-hybridized carbons (Fsp3) is 0.333. The number of nitrogens with one attached hydrogen (secondary N) is 1. The monoisotopic (exact) mass is 321 g/mol. The summed E-state index contributed by atoms with van der Waals surface area (Å²) in [5.41, 5.74) is 4.12. The fourth-order valence-electron chi connectivity index (χ4n) is 2.42. The highest BCUT2D eigenvalue weighted by molar-refractivity contribution is 7.89. The van der Waals surface area contributed by atoms with E-state index in [1.54, 1.807) is 38.2 Å². The number of carbonyl (C=O) groups is 1. The summed E-state index contributed by atoms with van der Waals surface area (Å²) in [6.07, 6.45) is 3.65. The van der Waals surface area contributed by atoms with Crippen LogP contribution in [0.15, 0.2) is 41.6 Å². The van der Waals surface area contributed by atoms with Crippen LogP contribution >= 0.6 is 0 Å². The smallest absolute Gasteiger partial charge is 0.242 e. The molecule has 1 aromatic heterocycles. The van der Waals surface area contributed by atoms with E-state index in [0.29, 0.717) is 5.39 Å². The third-order valence-electron chi connectivity index (χ3n) is 3.94. The van der Waals surface area contributed by atoms with Crippen molar-refractivity contribution in [3.63, 3.8) is 0 Å². The Morgan fingerprint density at radius 1 is 1.27 bits per heavy atom. The molecule has 3 N–H and O–H groups in total. The van der Waals surface area contributed by atoms with Crippen molar-refractivity contribution in [2.75, 3.05) is 0 Å². The summed E-state index contributed by atoms with van der Waals surface area (Å²) < 4.78 is 28.0. The van der Waals surface area contributed by atoms with Gasteiger partial charge < -0.3 is 5.73 Å². The number of nitrogens with two attached hydrogens (primary N) is 1. The molecule has 0 aliphatic rings. The van der Waals surface area contributed by atoms with Gasteiger partial charge in [0.05, 0.1) is 4.90 Å². The van der Waals surface area contributed by atoms with Crippen LogP contribution < -0.4 is 10.5 Å². The van der Waals surface area contributed by atoms with Crippen LogP contribution in [0.4, 0.5) is 0 Å². The van der Waals surface area contributed by atoms with Crippen molar-refractivity contribution in [3.8, 4) is 0 Å². The zero-order valence-electron chi connectivity index (χ0n) is 12.5. The second-order valence-corrected chi connectivity index (χ2v) is 6.76. The van der Waals surface area contributed by atoms with Crippen molar-refractivity contribution in [1.82, 2.24) is 9.71 Å². The van der Waals surface area contributed by atoms with Crippen LogP contribution in [-0.4, -0.2) is 24.8 Å². The molecule has 0 unspecified atom stereocenters. The first-order valence-corrected chi connectivity index (χ1v) is 8.51. The van der Waals surface area contributed by atoms with Gasteiger partial charge in [0.15, 0.2) is 0 Å². The average Bonchev–Trinajstić information content (AvgIpc) is 2.51. The lowest BCUT2D eigenvalue weighted by Gasteiger charge is -2.29. The molecule has 118 valence electrons. The van der Waals surface area contributed by atoms with Gasteiger partial charge in [-0.2, -0.15) is 4.72 Å². The minimum atomic E-state index is -3.90. The van der Waals surface area contributed by atoms with Crippen molar-refractivity contribution >= 4 is 26.7 Å². The number of fused-ring (bicyclic) bond motifs is 1. The number of benzene rings is 1. The number of hydrogen-bond acceptors (Lipinski definition) is 4. The predicted molar refractivity (Wildman–Crippen MR) is 84.6 cm³/mol. The number of hydrogen-bond donors (Lipinski definition) is 2. The van der Waals surface area contributed by atoms with Gasteiger partial charge in [-0.15, -0.1) is 0 Å². The largest absolute Gasteiger partial charge is 0.368 e. The third kappa shape index (κ3) is 2.82. The van der Waals surface area contributed by atoms with Gasteiger partial charge >= 0.3 is 0 Å². The minimum Gasteiger partial charge on any atom is -0.368 e. The number of aromatic nitrogens is 1. The lowest BCUT2D eigenvalue weighted by atomic mass is 9.94. The number of nitrogens with zero attached hydrogens (tertiary/aromatic N) is 1. The summed E-state index contributed by atoms with van der Waals surface area (Å²) >= 11 is 0. The van der Waals surface area contributed by atoms with Crippen LogP contribution in [0.1, 0.15) is 26.7 Å². The highest BCUT2D eigenvalue weighted by atomic mass is 32.2. The Kier molecular flexibility index (Phi) is 4.48. The van der Waals surface area contributed by atoms with E-state index < -0.39 is 21.5 Å². The van der Waals surface area contributed by atoms with Crippen LogP contribution in [0.25, 0.3) is 10.8 Å². The Bertz CT molecular complexity index is 793. The molecule has 0 atom stereocenters. The van der Waals surface area contributed by atoms with Gasteiger partial charge in [-0.05, 0) is 30.4 Å². The van der Waals surface area contributed by atoms with Gasteiger partial charge in [-0.1, -0.05) is 26.0 Å². The molecule has 0 aliphatic carbocycles. The van der Waals surface area contributed by atoms with E-state index in [0.717, 1.165) is 5.39 Å². The fourth-order valence-corrected chi connectivity index (χ4v) is 4.16. The summed E-state index contributed by atoms with van der Waals surface area (Å²) in [5, 5.41) is 1.26. The Morgan fingerprint density at radius 2 is 1.95 bits per heavy atom. The van der Waals surface area contributed by atoms with E-state index in [1.807, 2.05) is 0 Å². The first-order valence-electron chi connectivity index (χ1n) is 7.03. The molecule has 0 saturated carbocycles. The van der Waals surface area contributed by atoms with Gasteiger partial charge in [-0.3, -0.25) is 9.78 Å². The molecule has 1 aromatic carbocycles. The SMILES string of the molecule is CCC(CC)(NS(=O)(=O)c1cccc2ccncc12)C(N)=O. The molecule has 0 spiro atoms. The Labute approximate surface area is 129 Å². The van der Waals surface area contributed by atoms with Gasteiger partial charge in [-0.25, -0.2) is 8.42 Å². The first-order chi connectivity index (χ1) is 10.4. The molecule has 22 heavy (non-hydrogen) atoms. The average molecular weight is 321 g/mol. The number of primary amides is 1. The molecule has 0 aliphatic heterocycles. The van der Waals surface area contributed by atoms with Crippen molar-refractivity contribution < 1.29 is 13.2 Å². The van der Waals surface area contributed by atoms with Gasteiger partial charge in [0.25, 0.3) is 0 Å². The van der Waals surface area contributed by atoms with Crippen LogP contribution in [0.2, 0.25) is 0 Å². The number of pyridine rings is 1. The van der Waals surface area contributed by atoms with Crippen molar-refractivity contribution in [2.24, 2.45) is 5.73 Å². The Hall–Kier alpha value is -1.99. The van der Waals surface area contributed by atoms with Crippen LogP contribution in [0.3, 0.4) is 0 Å². The molecular formula is C15H19N3O3S. The summed E-state index contributed by atoms with van der Waals surface area (Å²) in [7, 11) is -3.90. The maximum atomic E-state index is 12.7. The highest BCUT2D eigenvalue weighted by Crippen LogP contribution is 2.25. The second-order valence-electron chi connectivity index (χ2n) is 5.11. The van der Waals surface area contributed by atoms with Gasteiger partial charge in [0.2, 0.25) is 15.9 Å². The summed E-state index contributed by atoms with van der Waals surface area (Å²) in [6.45, 7) is 3.45. The molecule has 0 bridgehead atoms. The van der Waals surface area contributed by atoms with Crippen LogP contribution in [-0.2, 0) is 14.8 Å². The standard InChI is InChI=1S/C15H19N3O3S/c1-3-15(4-2,14(16)19)18-22(20,21)13-7-5-6-11-8-9-17-10-12(11)13/h5-10,18H,3-4H2,1-2H3,(H2,16,19). The van der Waals surface area contributed by atoms with E-state index >= 15 is 0 Å². The highest BCUT2D eigenvalue weighted by Gasteiger charge is 2.38. The third-order valence-corrected chi connectivity index (χ3v) is 5.54. The zero-order chi connectivity index (χ0) is 16.4. The Morgan fingerprint density at radius 3 is 2.55 bits per heavy atom. The molecule has 2 rings (SSSR count). The number of rotatable bonds is 6. The summed E-state index contributed by atoms with van der Waals surface area (Å²) in [6, 6.07) is 6.68. The molecule has 6 nitrogen and oxygen atoms in total. The van der Waals surface area contributed by atoms with Gasteiger partial charge in [0, 0.05) is 17.8 Å². The second kappa shape index (κ2) is 6.02. The molecule has 2 aromatic rings. The van der Waals surface area contributed by atoms with E-state index in [1.165, 1.54) is 12.3 Å². The van der Waals surface area contributed by atoms with Crippen LogP contribution in [0.5, 0.6) is 0 Å². The van der Waals surface area contributed by atoms with Crippen molar-refractivity contribution in [3.05, 3.63) is 36.7 Å². The van der Waals surface area contributed by atoms with E-state index in [4.69, 9.17) is 5.73 Å². The Balaban J connectivity index is 2.56. The number of amides is 1. The van der Waals surface area contributed by atoms with Crippen molar-refractivity contribution in [1.29, 1.82) is 0 Å². The molecular weight excluding hydrogens is 302 g/mol. The topological polar surface area (TPSA) is 102 Å². The lowest BCUT2D eigenvalue weighted by Crippen LogP contribution is -2.56. The molecule has 0 radical (unpaired) electrons. The summed E-state index contributed by atoms with van der Waals surface area (Å²) in [5.74, 6) is -0.681. The maximum absolute atomic E-state index is 12.7. The molecule has 0 saturated heterocycles. The number of carbonyl (C=O) groups excluding carboxylic acids is 1. The van der Waals surface area contributed by atoms with Gasteiger partial charge in [0.1, 0.15) is 5.54 Å². The predicted octanol–water partition coefficient (Wildman–Crippen LogP) is 1.56. The van der Waals surface area contributed by atoms with E-state index in [2.05, 4.69) is 9.71 Å². The first kappa shape index (κ1) is 16.4. The molecule has 1 heterocycles. The molecule has 0 fully saturated rings. The normalized spacial score (nSPS) is 12.5. The number of sulfonamides is 1. The lowest BCUT2D eigenvalue weighted by molar-refractivity contribution is -0.124. The minimum absolute atomic E-state index is 0.0885. The quantitative estimate of drug-likeness (QED) is 0.842. The summed E-state index contributed by atoms with van der Waals surface area (Å²) in [4.78, 5) is 15.8. The maximum Gasteiger partial charge on any atom is 0.242 e. The molecule has 1 amide bonds. The van der Waals surface area contributed by atoms with E-state index in [-0.39, 0.29) is 17.7 Å². The zero-order valence-corrected chi connectivity index (χ0v) is 13.4.